The monoisotopic (exact) mass is 448 g/mol. The number of hydrogen-bond donors (Lipinski definition) is 1. The number of nitrogens with zero attached hydrogens (tertiary/aromatic N) is 1. The summed E-state index contributed by atoms with van der Waals surface area (Å²) in [6.07, 6.45) is -4.86. The van der Waals surface area contributed by atoms with Crippen molar-refractivity contribution in [2.24, 2.45) is 0 Å². The van der Waals surface area contributed by atoms with Crippen LogP contribution in [0.25, 0.3) is 0 Å². The molecule has 162 valence electrons. The second-order valence-corrected chi connectivity index (χ2v) is 8.09. The molecule has 7 nitrogen and oxygen atoms in total. The predicted molar refractivity (Wildman–Crippen MR) is 97.1 cm³/mol. The van der Waals surface area contributed by atoms with Crippen LogP contribution in [0.1, 0.15) is 10.4 Å². The summed E-state index contributed by atoms with van der Waals surface area (Å²) in [6, 6.07) is 7.19. The molecule has 0 bridgehead atoms. The first-order valence-electron chi connectivity index (χ1n) is 8.61. The van der Waals surface area contributed by atoms with Crippen LogP contribution in [-0.2, 0) is 14.8 Å². The molecule has 1 heterocycles. The van der Waals surface area contributed by atoms with Gasteiger partial charge < -0.3 is 14.8 Å². The lowest BCUT2D eigenvalue weighted by Gasteiger charge is -2.26. The fraction of sp³-hybridized carbons (Fsp3) is 0.278. The molecular formula is C18H16F4N2O5S. The third-order valence-electron chi connectivity index (χ3n) is 4.13. The molecule has 0 unspecified atom stereocenters. The SMILES string of the molecule is O=C(Nc1ccc(F)c(S(=O)(=O)N2CCOCC2)c1)c1ccc(OC(F)(F)F)cc1. The summed E-state index contributed by atoms with van der Waals surface area (Å²) in [5, 5.41) is 2.39. The van der Waals surface area contributed by atoms with E-state index in [1.54, 1.807) is 0 Å². The number of nitrogens with one attached hydrogen (secondary N) is 1. The third-order valence-corrected chi connectivity index (χ3v) is 6.04. The minimum atomic E-state index is -4.86. The molecule has 0 atom stereocenters. The molecule has 0 aliphatic carbocycles. The second-order valence-electron chi connectivity index (χ2n) is 6.19. The lowest BCUT2D eigenvalue weighted by Crippen LogP contribution is -2.40. The highest BCUT2D eigenvalue weighted by Crippen LogP contribution is 2.25. The van der Waals surface area contributed by atoms with Gasteiger partial charge >= 0.3 is 6.36 Å². The highest BCUT2D eigenvalue weighted by Gasteiger charge is 2.31. The van der Waals surface area contributed by atoms with Gasteiger partial charge in [0.2, 0.25) is 10.0 Å². The van der Waals surface area contributed by atoms with Crippen LogP contribution in [0.5, 0.6) is 5.75 Å². The highest BCUT2D eigenvalue weighted by atomic mass is 32.2. The smallest absolute Gasteiger partial charge is 0.406 e. The van der Waals surface area contributed by atoms with E-state index in [1.165, 1.54) is 6.07 Å². The summed E-state index contributed by atoms with van der Waals surface area (Å²) in [5.74, 6) is -2.21. The molecule has 0 radical (unpaired) electrons. The van der Waals surface area contributed by atoms with Gasteiger partial charge in [-0.3, -0.25) is 4.79 Å². The number of carbonyl (C=O) groups excluding carboxylic acids is 1. The maximum atomic E-state index is 14.2. The first kappa shape index (κ1) is 22.0. The van der Waals surface area contributed by atoms with E-state index in [9.17, 15) is 30.8 Å². The van der Waals surface area contributed by atoms with Crippen molar-refractivity contribution < 1.29 is 40.2 Å². The molecule has 1 aliphatic heterocycles. The summed E-state index contributed by atoms with van der Waals surface area (Å²) < 4.78 is 86.1. The van der Waals surface area contributed by atoms with Gasteiger partial charge in [-0.25, -0.2) is 12.8 Å². The summed E-state index contributed by atoms with van der Waals surface area (Å²) in [5.41, 5.74) is -0.00436. The van der Waals surface area contributed by atoms with Gasteiger partial charge in [-0.2, -0.15) is 4.31 Å². The quantitative estimate of drug-likeness (QED) is 0.711. The van der Waals surface area contributed by atoms with Crippen molar-refractivity contribution in [1.29, 1.82) is 0 Å². The highest BCUT2D eigenvalue weighted by molar-refractivity contribution is 7.89. The van der Waals surface area contributed by atoms with Gasteiger partial charge in [0.05, 0.1) is 13.2 Å². The van der Waals surface area contributed by atoms with Crippen molar-refractivity contribution in [3.63, 3.8) is 0 Å². The molecule has 12 heteroatoms. The fourth-order valence-corrected chi connectivity index (χ4v) is 4.21. The van der Waals surface area contributed by atoms with Crippen molar-refractivity contribution in [3.05, 3.63) is 53.8 Å². The van der Waals surface area contributed by atoms with E-state index in [0.717, 1.165) is 40.7 Å². The molecule has 1 aliphatic rings. The number of benzene rings is 2. The van der Waals surface area contributed by atoms with Crippen LogP contribution < -0.4 is 10.1 Å². The Bertz CT molecular complexity index is 1020. The molecule has 0 saturated carbocycles. The number of ether oxygens (including phenoxy) is 2. The summed E-state index contributed by atoms with van der Waals surface area (Å²) >= 11 is 0. The van der Waals surface area contributed by atoms with E-state index < -0.39 is 38.8 Å². The van der Waals surface area contributed by atoms with Crippen LogP contribution in [-0.4, -0.2) is 51.3 Å². The molecule has 1 fully saturated rings. The molecule has 2 aromatic rings. The Balaban J connectivity index is 1.77. The summed E-state index contributed by atoms with van der Waals surface area (Å²) in [6.45, 7) is 0.520. The first-order valence-corrected chi connectivity index (χ1v) is 10.0. The molecule has 1 N–H and O–H groups in total. The Kier molecular flexibility index (Phi) is 6.29. The van der Waals surface area contributed by atoms with Gasteiger partial charge in [0.1, 0.15) is 16.5 Å². The number of carbonyl (C=O) groups is 1. The van der Waals surface area contributed by atoms with Crippen molar-refractivity contribution in [2.75, 3.05) is 31.6 Å². The Hall–Kier alpha value is -2.70. The van der Waals surface area contributed by atoms with Gasteiger partial charge in [0.25, 0.3) is 5.91 Å². The zero-order valence-corrected chi connectivity index (χ0v) is 16.1. The van der Waals surface area contributed by atoms with Gasteiger partial charge in [-0.1, -0.05) is 0 Å². The van der Waals surface area contributed by atoms with E-state index in [4.69, 9.17) is 4.74 Å². The third kappa shape index (κ3) is 5.26. The van der Waals surface area contributed by atoms with Crippen LogP contribution in [0.4, 0.5) is 23.2 Å². The van der Waals surface area contributed by atoms with E-state index in [1.807, 2.05) is 0 Å². The second kappa shape index (κ2) is 8.58. The summed E-state index contributed by atoms with van der Waals surface area (Å²) in [4.78, 5) is 11.7. The molecule has 0 aromatic heterocycles. The Morgan fingerprint density at radius 1 is 1.07 bits per heavy atom. The normalized spacial score (nSPS) is 15.6. The lowest BCUT2D eigenvalue weighted by molar-refractivity contribution is -0.274. The molecule has 3 rings (SSSR count). The van der Waals surface area contributed by atoms with Crippen molar-refractivity contribution >= 4 is 21.6 Å². The summed E-state index contributed by atoms with van der Waals surface area (Å²) in [7, 11) is -4.13. The van der Waals surface area contributed by atoms with Crippen molar-refractivity contribution in [2.45, 2.75) is 11.3 Å². The Morgan fingerprint density at radius 3 is 2.30 bits per heavy atom. The van der Waals surface area contributed by atoms with Gasteiger partial charge in [-0.15, -0.1) is 13.2 Å². The molecule has 0 spiro atoms. The van der Waals surface area contributed by atoms with E-state index >= 15 is 0 Å². The largest absolute Gasteiger partial charge is 0.573 e. The average Bonchev–Trinajstić information content (AvgIpc) is 2.69. The van der Waals surface area contributed by atoms with Crippen LogP contribution in [0, 0.1) is 5.82 Å². The van der Waals surface area contributed by atoms with E-state index in [2.05, 4.69) is 10.1 Å². The topological polar surface area (TPSA) is 84.9 Å². The maximum Gasteiger partial charge on any atom is 0.573 e. The predicted octanol–water partition coefficient (Wildman–Crippen LogP) is 3.00. The Morgan fingerprint density at radius 2 is 1.70 bits per heavy atom. The van der Waals surface area contributed by atoms with Crippen molar-refractivity contribution in [3.8, 4) is 5.75 Å². The zero-order valence-electron chi connectivity index (χ0n) is 15.3. The Labute approximate surface area is 169 Å². The molecule has 30 heavy (non-hydrogen) atoms. The number of anilines is 1. The van der Waals surface area contributed by atoms with E-state index in [-0.39, 0.29) is 37.6 Å². The van der Waals surface area contributed by atoms with Gasteiger partial charge in [0, 0.05) is 24.3 Å². The number of morpholine rings is 1. The number of rotatable bonds is 5. The fourth-order valence-electron chi connectivity index (χ4n) is 2.72. The lowest BCUT2D eigenvalue weighted by atomic mass is 10.2. The van der Waals surface area contributed by atoms with Crippen molar-refractivity contribution in [1.82, 2.24) is 4.31 Å². The molecule has 1 amide bonds. The number of sulfonamides is 1. The van der Waals surface area contributed by atoms with Crippen LogP contribution in [0.15, 0.2) is 47.4 Å². The standard InChI is InChI=1S/C18H16F4N2O5S/c19-15-6-3-13(11-16(15)30(26,27)24-7-9-28-10-8-24)23-17(25)12-1-4-14(5-2-12)29-18(20,21)22/h1-6,11H,7-10H2,(H,23,25). The van der Waals surface area contributed by atoms with Gasteiger partial charge in [0.15, 0.2) is 0 Å². The van der Waals surface area contributed by atoms with Gasteiger partial charge in [-0.05, 0) is 42.5 Å². The van der Waals surface area contributed by atoms with Crippen LogP contribution >= 0.6 is 0 Å². The minimum absolute atomic E-state index is 0.00357. The molecular weight excluding hydrogens is 432 g/mol. The number of hydrogen-bond acceptors (Lipinski definition) is 5. The van der Waals surface area contributed by atoms with Crippen LogP contribution in [0.3, 0.4) is 0 Å². The number of alkyl halides is 3. The zero-order chi connectivity index (χ0) is 21.9. The average molecular weight is 448 g/mol. The number of halogens is 4. The molecule has 1 saturated heterocycles. The first-order chi connectivity index (χ1) is 14.1. The minimum Gasteiger partial charge on any atom is -0.406 e. The maximum absolute atomic E-state index is 14.2. The van der Waals surface area contributed by atoms with Crippen LogP contribution in [0.2, 0.25) is 0 Å². The van der Waals surface area contributed by atoms with E-state index in [0.29, 0.717) is 0 Å². The number of amides is 1. The molecule has 2 aromatic carbocycles.